The van der Waals surface area contributed by atoms with Crippen LogP contribution in [0.2, 0.25) is 0 Å². The summed E-state index contributed by atoms with van der Waals surface area (Å²) in [5, 5.41) is 0. The van der Waals surface area contributed by atoms with E-state index in [-0.39, 0.29) is 31.1 Å². The van der Waals surface area contributed by atoms with Gasteiger partial charge in [-0.1, -0.05) is 238 Å². The van der Waals surface area contributed by atoms with Crippen LogP contribution in [0.5, 0.6) is 0 Å². The van der Waals surface area contributed by atoms with Crippen molar-refractivity contribution in [2.75, 3.05) is 13.2 Å². The molecule has 0 spiro atoms. The van der Waals surface area contributed by atoms with Gasteiger partial charge >= 0.3 is 17.9 Å². The number of unbranched alkanes of at least 4 members (excludes halogenated alkanes) is 34. The second-order valence-electron chi connectivity index (χ2n) is 17.4. The van der Waals surface area contributed by atoms with Crippen LogP contribution >= 0.6 is 0 Å². The van der Waals surface area contributed by atoms with Gasteiger partial charge in [0.25, 0.3) is 0 Å². The summed E-state index contributed by atoms with van der Waals surface area (Å²) in [5.41, 5.74) is 0. The minimum atomic E-state index is -0.766. The highest BCUT2D eigenvalue weighted by molar-refractivity contribution is 5.71. The molecule has 6 heteroatoms. The van der Waals surface area contributed by atoms with Crippen LogP contribution < -0.4 is 0 Å². The number of rotatable bonds is 47. The molecule has 6 nitrogen and oxygen atoms in total. The molecule has 0 aromatic rings. The molecule has 1 unspecified atom stereocenters. The topological polar surface area (TPSA) is 78.9 Å². The van der Waals surface area contributed by atoms with Crippen molar-refractivity contribution in [3.63, 3.8) is 0 Å². The van der Waals surface area contributed by atoms with E-state index in [0.29, 0.717) is 19.3 Å². The first-order valence-electron chi connectivity index (χ1n) is 25.7. The maximum absolute atomic E-state index is 12.8. The average Bonchev–Trinajstić information content (AvgIpc) is 3.22. The van der Waals surface area contributed by atoms with Crippen molar-refractivity contribution in [1.82, 2.24) is 0 Å². The van der Waals surface area contributed by atoms with Gasteiger partial charge in [-0.15, -0.1) is 0 Å². The molecular formula is C52H98O6. The predicted molar refractivity (Wildman–Crippen MR) is 247 cm³/mol. The number of hydrogen-bond donors (Lipinski definition) is 0. The van der Waals surface area contributed by atoms with Crippen LogP contribution in [0.4, 0.5) is 0 Å². The van der Waals surface area contributed by atoms with E-state index >= 15 is 0 Å². The van der Waals surface area contributed by atoms with Crippen molar-refractivity contribution < 1.29 is 28.6 Å². The van der Waals surface area contributed by atoms with Crippen molar-refractivity contribution in [2.24, 2.45) is 0 Å². The molecule has 58 heavy (non-hydrogen) atoms. The third-order valence-electron chi connectivity index (χ3n) is 11.5. The van der Waals surface area contributed by atoms with Gasteiger partial charge in [-0.05, 0) is 38.5 Å². The van der Waals surface area contributed by atoms with Gasteiger partial charge < -0.3 is 14.2 Å². The van der Waals surface area contributed by atoms with E-state index in [9.17, 15) is 14.4 Å². The van der Waals surface area contributed by atoms with Gasteiger partial charge in [-0.2, -0.15) is 0 Å². The smallest absolute Gasteiger partial charge is 0.306 e. The summed E-state index contributed by atoms with van der Waals surface area (Å²) in [6.07, 6.45) is 51.9. The van der Waals surface area contributed by atoms with Gasteiger partial charge in [0, 0.05) is 19.3 Å². The van der Waals surface area contributed by atoms with Crippen molar-refractivity contribution in [3.8, 4) is 0 Å². The Hall–Kier alpha value is -1.85. The molecule has 0 radical (unpaired) electrons. The zero-order valence-electron chi connectivity index (χ0n) is 39.1. The Balaban J connectivity index is 4.29. The van der Waals surface area contributed by atoms with Crippen LogP contribution in [0.25, 0.3) is 0 Å². The summed E-state index contributed by atoms with van der Waals surface area (Å²) in [6.45, 7) is 6.62. The predicted octanol–water partition coefficient (Wildman–Crippen LogP) is 16.6. The first-order valence-corrected chi connectivity index (χ1v) is 25.7. The molecule has 0 aromatic carbocycles. The Kier molecular flexibility index (Phi) is 46.3. The summed E-state index contributed by atoms with van der Waals surface area (Å²) in [4.78, 5) is 37.9. The van der Waals surface area contributed by atoms with E-state index in [2.05, 4.69) is 32.9 Å². The number of carbonyl (C=O) groups excluding carboxylic acids is 3. The molecule has 0 bridgehead atoms. The Morgan fingerprint density at radius 2 is 0.586 bits per heavy atom. The fraction of sp³-hybridized carbons (Fsp3) is 0.904. The molecular weight excluding hydrogens is 721 g/mol. The maximum Gasteiger partial charge on any atom is 0.306 e. The zero-order valence-corrected chi connectivity index (χ0v) is 39.1. The summed E-state index contributed by atoms with van der Waals surface area (Å²) < 4.78 is 16.8. The van der Waals surface area contributed by atoms with Crippen molar-refractivity contribution in [3.05, 3.63) is 12.2 Å². The molecule has 0 rings (SSSR count). The number of carbonyl (C=O) groups is 3. The third kappa shape index (κ3) is 45.2. The summed E-state index contributed by atoms with van der Waals surface area (Å²) in [6, 6.07) is 0. The molecule has 0 N–H and O–H groups in total. The summed E-state index contributed by atoms with van der Waals surface area (Å²) >= 11 is 0. The molecule has 0 saturated heterocycles. The van der Waals surface area contributed by atoms with Gasteiger partial charge in [0.2, 0.25) is 0 Å². The first-order chi connectivity index (χ1) is 28.5. The first kappa shape index (κ1) is 56.1. The van der Waals surface area contributed by atoms with E-state index in [0.717, 1.165) is 77.0 Å². The molecule has 1 atom stereocenters. The van der Waals surface area contributed by atoms with Crippen molar-refractivity contribution >= 4 is 17.9 Å². The Morgan fingerprint density at radius 3 is 0.914 bits per heavy atom. The highest BCUT2D eigenvalue weighted by atomic mass is 16.6. The van der Waals surface area contributed by atoms with Crippen LogP contribution in [0, 0.1) is 0 Å². The molecule has 0 saturated carbocycles. The molecule has 0 aromatic heterocycles. The minimum absolute atomic E-state index is 0.0682. The van der Waals surface area contributed by atoms with Crippen LogP contribution in [-0.2, 0) is 28.6 Å². The summed E-state index contributed by atoms with van der Waals surface area (Å²) in [7, 11) is 0. The fourth-order valence-electron chi connectivity index (χ4n) is 7.60. The number of esters is 3. The highest BCUT2D eigenvalue weighted by Crippen LogP contribution is 2.16. The Bertz CT molecular complexity index is 900. The van der Waals surface area contributed by atoms with E-state index in [4.69, 9.17) is 14.2 Å². The van der Waals surface area contributed by atoms with Crippen LogP contribution in [0.3, 0.4) is 0 Å². The maximum atomic E-state index is 12.8. The quantitative estimate of drug-likeness (QED) is 0.0263. The van der Waals surface area contributed by atoms with Crippen LogP contribution in [-0.4, -0.2) is 37.2 Å². The van der Waals surface area contributed by atoms with Gasteiger partial charge in [0.1, 0.15) is 13.2 Å². The van der Waals surface area contributed by atoms with Gasteiger partial charge in [-0.25, -0.2) is 0 Å². The Labute approximate surface area is 360 Å². The third-order valence-corrected chi connectivity index (χ3v) is 11.5. The largest absolute Gasteiger partial charge is 0.462 e. The average molecular weight is 819 g/mol. The van der Waals surface area contributed by atoms with Gasteiger partial charge in [0.15, 0.2) is 6.10 Å². The van der Waals surface area contributed by atoms with Crippen molar-refractivity contribution in [2.45, 2.75) is 290 Å². The van der Waals surface area contributed by atoms with E-state index in [1.807, 2.05) is 0 Å². The van der Waals surface area contributed by atoms with Gasteiger partial charge in [0.05, 0.1) is 0 Å². The second kappa shape index (κ2) is 47.8. The van der Waals surface area contributed by atoms with Crippen LogP contribution in [0.1, 0.15) is 284 Å². The summed E-state index contributed by atoms with van der Waals surface area (Å²) in [5.74, 6) is -0.866. The molecule has 0 aliphatic rings. The molecule has 0 heterocycles. The normalized spacial score (nSPS) is 12.0. The zero-order chi connectivity index (χ0) is 42.3. The van der Waals surface area contributed by atoms with E-state index < -0.39 is 6.10 Å². The SMILES string of the molecule is CCCC/C=C\CCCCCCC(=O)OCC(COC(=O)CCCCCCCCCCCCCCCCCC)OC(=O)CCCCCCCCCCCCCCCC. The number of allylic oxidation sites excluding steroid dienone is 2. The molecule has 0 amide bonds. The molecule has 0 fully saturated rings. The molecule has 0 aliphatic carbocycles. The highest BCUT2D eigenvalue weighted by Gasteiger charge is 2.19. The van der Waals surface area contributed by atoms with Gasteiger partial charge in [-0.3, -0.25) is 14.4 Å². The lowest BCUT2D eigenvalue weighted by molar-refractivity contribution is -0.167. The Morgan fingerprint density at radius 1 is 0.328 bits per heavy atom. The monoisotopic (exact) mass is 819 g/mol. The lowest BCUT2D eigenvalue weighted by atomic mass is 10.0. The molecule has 0 aliphatic heterocycles. The number of ether oxygens (including phenoxy) is 3. The lowest BCUT2D eigenvalue weighted by Crippen LogP contribution is -2.30. The fourth-order valence-corrected chi connectivity index (χ4v) is 7.60. The van der Waals surface area contributed by atoms with Crippen LogP contribution in [0.15, 0.2) is 12.2 Å². The second-order valence-corrected chi connectivity index (χ2v) is 17.4. The standard InChI is InChI=1S/C52H98O6/c1-4-7-10-13-16-19-22-24-26-27-29-30-33-36-39-42-45-51(54)57-48-49(47-56-50(53)44-41-38-35-32-21-18-15-12-9-6-3)58-52(55)46-43-40-37-34-31-28-25-23-20-17-14-11-8-5-2/h15,18,49H,4-14,16-17,19-48H2,1-3H3/b18-15-. The van der Waals surface area contributed by atoms with Crippen molar-refractivity contribution in [1.29, 1.82) is 0 Å². The molecule has 342 valence electrons. The van der Waals surface area contributed by atoms with E-state index in [1.54, 1.807) is 0 Å². The van der Waals surface area contributed by atoms with E-state index in [1.165, 1.54) is 167 Å². The minimum Gasteiger partial charge on any atom is -0.462 e. The lowest BCUT2D eigenvalue weighted by Gasteiger charge is -2.18. The number of hydrogen-bond acceptors (Lipinski definition) is 6.